The highest BCUT2D eigenvalue weighted by Gasteiger charge is 2.22. The van der Waals surface area contributed by atoms with Crippen LogP contribution in [-0.2, 0) is 19.1 Å². The van der Waals surface area contributed by atoms with Crippen LogP contribution in [-0.4, -0.2) is 18.5 Å². The van der Waals surface area contributed by atoms with Gasteiger partial charge in [-0.3, -0.25) is 4.79 Å². The minimum absolute atomic E-state index is 0.0963. The van der Waals surface area contributed by atoms with Gasteiger partial charge in [-0.1, -0.05) is 29.4 Å². The Bertz CT molecular complexity index is 727. The molecule has 0 radical (unpaired) electrons. The normalized spacial score (nSPS) is 10.7. The van der Waals surface area contributed by atoms with Crippen molar-refractivity contribution < 1.29 is 19.1 Å². The van der Waals surface area contributed by atoms with Gasteiger partial charge < -0.3 is 9.47 Å². The highest BCUT2D eigenvalue weighted by molar-refractivity contribution is 5.99. The summed E-state index contributed by atoms with van der Waals surface area (Å²) in [6.45, 7) is 2.87. The molecule has 0 bridgehead atoms. The predicted octanol–water partition coefficient (Wildman–Crippen LogP) is 3.38. The van der Waals surface area contributed by atoms with Gasteiger partial charge in [0.05, 0.1) is 24.7 Å². The quantitative estimate of drug-likeness (QED) is 0.199. The monoisotopic (exact) mass is 314 g/mol. The highest BCUT2D eigenvalue weighted by Crippen LogP contribution is 2.31. The third-order valence-electron chi connectivity index (χ3n) is 2.60. The van der Waals surface area contributed by atoms with Crippen molar-refractivity contribution in [3.8, 4) is 6.07 Å². The van der Waals surface area contributed by atoms with Crippen molar-refractivity contribution in [3.63, 3.8) is 0 Å². The minimum Gasteiger partial charge on any atom is -0.463 e. The number of ether oxygens (including phenoxy) is 2. The first-order valence-corrected chi connectivity index (χ1v) is 6.65. The van der Waals surface area contributed by atoms with Gasteiger partial charge in [0.25, 0.3) is 0 Å². The number of carbonyl (C=O) groups is 2. The van der Waals surface area contributed by atoms with Crippen LogP contribution in [0, 0.1) is 11.3 Å². The molecule has 8 nitrogen and oxygen atoms in total. The molecule has 0 amide bonds. The van der Waals surface area contributed by atoms with Crippen molar-refractivity contribution in [2.75, 3.05) is 6.61 Å². The summed E-state index contributed by atoms with van der Waals surface area (Å²) < 4.78 is 10.0. The number of rotatable bonds is 6. The molecule has 0 aliphatic carbocycles. The molecule has 0 saturated heterocycles. The second-order valence-electron chi connectivity index (χ2n) is 4.16. The van der Waals surface area contributed by atoms with Crippen molar-refractivity contribution in [2.24, 2.45) is 5.11 Å². The molecule has 0 saturated carbocycles. The molecule has 23 heavy (non-hydrogen) atoms. The topological polar surface area (TPSA) is 125 Å². The van der Waals surface area contributed by atoms with E-state index in [0.29, 0.717) is 0 Å². The standard InChI is InChI=1S/C15H14N4O4/c1-3-22-15(21)12(8-9-16)14(23-10(2)20)11-6-4-5-7-13(11)18-19-17/h4-7H,3,8H2,1-2H3/b14-12-. The van der Waals surface area contributed by atoms with Crippen LogP contribution in [0.2, 0.25) is 0 Å². The van der Waals surface area contributed by atoms with E-state index in [1.165, 1.54) is 12.1 Å². The highest BCUT2D eigenvalue weighted by atomic mass is 16.5. The molecule has 1 aromatic carbocycles. The van der Waals surface area contributed by atoms with E-state index in [0.717, 1.165) is 6.92 Å². The molecule has 0 aliphatic heterocycles. The van der Waals surface area contributed by atoms with Gasteiger partial charge in [-0.15, -0.1) is 0 Å². The van der Waals surface area contributed by atoms with Gasteiger partial charge in [-0.25, -0.2) is 4.79 Å². The summed E-state index contributed by atoms with van der Waals surface area (Å²) in [5, 5.41) is 12.4. The Morgan fingerprint density at radius 2 is 2.09 bits per heavy atom. The lowest BCUT2D eigenvalue weighted by Crippen LogP contribution is -2.12. The molecule has 0 atom stereocenters. The average molecular weight is 314 g/mol. The zero-order valence-electron chi connectivity index (χ0n) is 12.6. The smallest absolute Gasteiger partial charge is 0.338 e. The molecule has 0 heterocycles. The third-order valence-corrected chi connectivity index (χ3v) is 2.60. The number of hydrogen-bond donors (Lipinski definition) is 0. The molecule has 8 heteroatoms. The molecular formula is C15H14N4O4. The maximum absolute atomic E-state index is 12.1. The molecule has 118 valence electrons. The second-order valence-corrected chi connectivity index (χ2v) is 4.16. The molecular weight excluding hydrogens is 300 g/mol. The molecule has 0 aromatic heterocycles. The van der Waals surface area contributed by atoms with Crippen molar-refractivity contribution in [3.05, 3.63) is 45.8 Å². The summed E-state index contributed by atoms with van der Waals surface area (Å²) in [5.41, 5.74) is 8.89. The van der Waals surface area contributed by atoms with E-state index < -0.39 is 11.9 Å². The fourth-order valence-corrected chi connectivity index (χ4v) is 1.77. The minimum atomic E-state index is -0.777. The van der Waals surface area contributed by atoms with Gasteiger partial charge >= 0.3 is 11.9 Å². The molecule has 1 rings (SSSR count). The van der Waals surface area contributed by atoms with E-state index in [1.807, 2.05) is 6.07 Å². The van der Waals surface area contributed by atoms with Gasteiger partial charge in [-0.2, -0.15) is 5.26 Å². The Morgan fingerprint density at radius 1 is 1.39 bits per heavy atom. The molecule has 0 aliphatic rings. The predicted molar refractivity (Wildman–Crippen MR) is 80.8 cm³/mol. The van der Waals surface area contributed by atoms with Gasteiger partial charge in [0.15, 0.2) is 0 Å². The van der Waals surface area contributed by atoms with Gasteiger partial charge in [0, 0.05) is 23.1 Å². The maximum Gasteiger partial charge on any atom is 0.338 e. The third kappa shape index (κ3) is 4.88. The Balaban J connectivity index is 3.62. The van der Waals surface area contributed by atoms with Crippen LogP contribution in [0.1, 0.15) is 25.8 Å². The van der Waals surface area contributed by atoms with Crippen molar-refractivity contribution in [1.82, 2.24) is 0 Å². The van der Waals surface area contributed by atoms with Gasteiger partial charge in [-0.05, 0) is 12.5 Å². The molecule has 1 aromatic rings. The number of nitrogens with zero attached hydrogens (tertiary/aromatic N) is 4. The number of hydrogen-bond acceptors (Lipinski definition) is 6. The molecule has 0 N–H and O–H groups in total. The number of nitriles is 1. The summed E-state index contributed by atoms with van der Waals surface area (Å²) in [4.78, 5) is 26.2. The van der Waals surface area contributed by atoms with E-state index >= 15 is 0 Å². The Kier molecular flexibility index (Phi) is 6.85. The summed E-state index contributed by atoms with van der Waals surface area (Å²) in [5.74, 6) is -1.61. The fourth-order valence-electron chi connectivity index (χ4n) is 1.77. The second kappa shape index (κ2) is 8.87. The van der Waals surface area contributed by atoms with Crippen LogP contribution in [0.25, 0.3) is 16.2 Å². The van der Waals surface area contributed by atoms with E-state index in [2.05, 4.69) is 10.0 Å². The van der Waals surface area contributed by atoms with E-state index in [9.17, 15) is 9.59 Å². The molecule has 0 unspecified atom stereocenters. The number of carbonyl (C=O) groups excluding carboxylic acids is 2. The van der Waals surface area contributed by atoms with Crippen LogP contribution in [0.3, 0.4) is 0 Å². The van der Waals surface area contributed by atoms with Gasteiger partial charge in [0.1, 0.15) is 5.76 Å². The first kappa shape index (κ1) is 17.8. The van der Waals surface area contributed by atoms with E-state index in [-0.39, 0.29) is 35.6 Å². The zero-order valence-corrected chi connectivity index (χ0v) is 12.6. The lowest BCUT2D eigenvalue weighted by atomic mass is 10.0. The number of benzene rings is 1. The van der Waals surface area contributed by atoms with E-state index in [4.69, 9.17) is 20.3 Å². The summed E-state index contributed by atoms with van der Waals surface area (Å²) >= 11 is 0. The van der Waals surface area contributed by atoms with Crippen molar-refractivity contribution in [1.29, 1.82) is 5.26 Å². The molecule has 0 spiro atoms. The summed E-state index contributed by atoms with van der Waals surface area (Å²) in [6.07, 6.45) is -0.327. The van der Waals surface area contributed by atoms with Crippen molar-refractivity contribution >= 4 is 23.4 Å². The summed E-state index contributed by atoms with van der Waals surface area (Å²) in [6, 6.07) is 8.07. The Labute approximate surface area is 132 Å². The number of azide groups is 1. The summed E-state index contributed by atoms with van der Waals surface area (Å²) in [7, 11) is 0. The van der Waals surface area contributed by atoms with Crippen LogP contribution >= 0.6 is 0 Å². The van der Waals surface area contributed by atoms with Crippen LogP contribution < -0.4 is 0 Å². The van der Waals surface area contributed by atoms with Gasteiger partial charge in [0.2, 0.25) is 0 Å². The first-order chi connectivity index (χ1) is 11.0. The van der Waals surface area contributed by atoms with Crippen LogP contribution in [0.15, 0.2) is 35.0 Å². The lowest BCUT2D eigenvalue weighted by molar-refractivity contribution is -0.138. The van der Waals surface area contributed by atoms with E-state index in [1.54, 1.807) is 19.1 Å². The first-order valence-electron chi connectivity index (χ1n) is 6.65. The maximum atomic E-state index is 12.1. The fraction of sp³-hybridized carbons (Fsp3) is 0.267. The van der Waals surface area contributed by atoms with Crippen LogP contribution in [0.4, 0.5) is 5.69 Å². The number of esters is 2. The van der Waals surface area contributed by atoms with Crippen LogP contribution in [0.5, 0.6) is 0 Å². The zero-order chi connectivity index (χ0) is 17.2. The SMILES string of the molecule is CCOC(=O)/C(CC#N)=C(\OC(C)=O)c1ccccc1N=[N+]=[N-]. The molecule has 0 fully saturated rings. The van der Waals surface area contributed by atoms with Crippen molar-refractivity contribution in [2.45, 2.75) is 20.3 Å². The average Bonchev–Trinajstić information content (AvgIpc) is 2.51. The lowest BCUT2D eigenvalue weighted by Gasteiger charge is -2.14. The largest absolute Gasteiger partial charge is 0.463 e. The Morgan fingerprint density at radius 3 is 2.65 bits per heavy atom. The Hall–Kier alpha value is -3.30.